The zero-order valence-corrected chi connectivity index (χ0v) is 10.9. The molecule has 0 bridgehead atoms. The number of imide groups is 1. The molecule has 2 unspecified atom stereocenters. The molecule has 2 atom stereocenters. The first-order chi connectivity index (χ1) is 9.02. The van der Waals surface area contributed by atoms with Gasteiger partial charge in [0.2, 0.25) is 5.91 Å². The minimum Gasteiger partial charge on any atom is -0.339 e. The summed E-state index contributed by atoms with van der Waals surface area (Å²) in [5, 5.41) is 8.06. The Morgan fingerprint density at radius 2 is 2.16 bits per heavy atom. The molecule has 3 fully saturated rings. The molecule has 0 saturated carbocycles. The first kappa shape index (κ1) is 12.4. The maximum absolute atomic E-state index is 12.4. The lowest BCUT2D eigenvalue weighted by Crippen LogP contribution is -2.52. The van der Waals surface area contributed by atoms with Crippen molar-refractivity contribution in [2.45, 2.75) is 18.9 Å². The summed E-state index contributed by atoms with van der Waals surface area (Å²) in [5.41, 5.74) is -0.898. The van der Waals surface area contributed by atoms with Gasteiger partial charge in [-0.2, -0.15) is 0 Å². The highest BCUT2D eigenvalue weighted by Crippen LogP contribution is 2.27. The highest BCUT2D eigenvalue weighted by atomic mass is 16.2. The van der Waals surface area contributed by atoms with Crippen molar-refractivity contribution in [3.8, 4) is 0 Å². The Labute approximate surface area is 111 Å². The standard InChI is InChI=1S/C12H18N4O3/c1-7(8-4-13-5-8)9(17)16-3-2-12(6-16)10(18)14-11(19)15-12/h7-8,13H,2-6H2,1H3,(H2,14,15,18,19). The van der Waals surface area contributed by atoms with Crippen molar-refractivity contribution in [3.63, 3.8) is 0 Å². The Kier molecular flexibility index (Phi) is 2.74. The zero-order valence-electron chi connectivity index (χ0n) is 10.9. The highest BCUT2D eigenvalue weighted by molar-refractivity contribution is 6.07. The number of hydrogen-bond acceptors (Lipinski definition) is 4. The number of hydrogen-bond donors (Lipinski definition) is 3. The Morgan fingerprint density at radius 3 is 2.68 bits per heavy atom. The normalized spacial score (nSPS) is 32.2. The molecule has 19 heavy (non-hydrogen) atoms. The summed E-state index contributed by atoms with van der Waals surface area (Å²) in [5.74, 6) is 0.121. The molecule has 0 aromatic heterocycles. The molecule has 0 radical (unpaired) electrons. The van der Waals surface area contributed by atoms with Gasteiger partial charge in [-0.15, -0.1) is 0 Å². The third-order valence-electron chi connectivity index (χ3n) is 4.51. The van der Waals surface area contributed by atoms with E-state index < -0.39 is 11.6 Å². The van der Waals surface area contributed by atoms with Crippen LogP contribution in [-0.4, -0.2) is 54.5 Å². The molecule has 4 amide bonds. The molecule has 1 spiro atoms. The molecule has 7 heteroatoms. The average molecular weight is 266 g/mol. The van der Waals surface area contributed by atoms with Crippen LogP contribution in [-0.2, 0) is 9.59 Å². The maximum Gasteiger partial charge on any atom is 0.322 e. The van der Waals surface area contributed by atoms with E-state index in [1.807, 2.05) is 6.92 Å². The van der Waals surface area contributed by atoms with Crippen LogP contribution in [0.3, 0.4) is 0 Å². The summed E-state index contributed by atoms with van der Waals surface area (Å²) in [6.45, 7) is 4.50. The molecule has 0 aliphatic carbocycles. The Bertz CT molecular complexity index is 448. The number of nitrogens with one attached hydrogen (secondary N) is 3. The molecule has 3 heterocycles. The lowest BCUT2D eigenvalue weighted by atomic mass is 9.88. The quantitative estimate of drug-likeness (QED) is 0.539. The van der Waals surface area contributed by atoms with Gasteiger partial charge in [-0.1, -0.05) is 6.92 Å². The van der Waals surface area contributed by atoms with Crippen molar-refractivity contribution >= 4 is 17.8 Å². The van der Waals surface area contributed by atoms with Gasteiger partial charge < -0.3 is 15.5 Å². The number of carbonyl (C=O) groups excluding carboxylic acids is 3. The third kappa shape index (κ3) is 1.88. The van der Waals surface area contributed by atoms with Crippen LogP contribution in [0.15, 0.2) is 0 Å². The van der Waals surface area contributed by atoms with Gasteiger partial charge in [0.1, 0.15) is 5.54 Å². The van der Waals surface area contributed by atoms with Gasteiger partial charge in [0, 0.05) is 12.5 Å². The van der Waals surface area contributed by atoms with E-state index >= 15 is 0 Å². The molecule has 7 nitrogen and oxygen atoms in total. The molecular formula is C12H18N4O3. The second-order valence-electron chi connectivity index (χ2n) is 5.71. The Morgan fingerprint density at radius 1 is 1.42 bits per heavy atom. The third-order valence-corrected chi connectivity index (χ3v) is 4.51. The number of urea groups is 1. The largest absolute Gasteiger partial charge is 0.339 e. The number of rotatable bonds is 2. The van der Waals surface area contributed by atoms with Crippen molar-refractivity contribution in [2.24, 2.45) is 11.8 Å². The van der Waals surface area contributed by atoms with E-state index in [1.165, 1.54) is 0 Å². The summed E-state index contributed by atoms with van der Waals surface area (Å²) >= 11 is 0. The van der Waals surface area contributed by atoms with Crippen LogP contribution in [0, 0.1) is 11.8 Å². The molecular weight excluding hydrogens is 248 g/mol. The monoisotopic (exact) mass is 266 g/mol. The van der Waals surface area contributed by atoms with Gasteiger partial charge in [-0.3, -0.25) is 14.9 Å². The summed E-state index contributed by atoms with van der Waals surface area (Å²) in [6, 6.07) is -0.462. The SMILES string of the molecule is CC(C(=O)N1CCC2(C1)NC(=O)NC2=O)C1CNC1. The van der Waals surface area contributed by atoms with Crippen LogP contribution in [0.2, 0.25) is 0 Å². The van der Waals surface area contributed by atoms with E-state index in [0.717, 1.165) is 13.1 Å². The zero-order chi connectivity index (χ0) is 13.6. The van der Waals surface area contributed by atoms with E-state index in [0.29, 0.717) is 18.9 Å². The van der Waals surface area contributed by atoms with Gasteiger partial charge in [0.05, 0.1) is 6.54 Å². The minimum absolute atomic E-state index is 0.0310. The lowest BCUT2D eigenvalue weighted by Gasteiger charge is -2.34. The van der Waals surface area contributed by atoms with Crippen LogP contribution < -0.4 is 16.0 Å². The van der Waals surface area contributed by atoms with Gasteiger partial charge in [-0.25, -0.2) is 4.79 Å². The number of amides is 4. The summed E-state index contributed by atoms with van der Waals surface area (Å²) < 4.78 is 0. The van der Waals surface area contributed by atoms with E-state index in [-0.39, 0.29) is 24.3 Å². The topological polar surface area (TPSA) is 90.5 Å². The van der Waals surface area contributed by atoms with Crippen LogP contribution in [0.1, 0.15) is 13.3 Å². The van der Waals surface area contributed by atoms with Gasteiger partial charge in [0.25, 0.3) is 5.91 Å². The van der Waals surface area contributed by atoms with Crippen molar-refractivity contribution in [1.82, 2.24) is 20.9 Å². The van der Waals surface area contributed by atoms with Crippen molar-refractivity contribution in [3.05, 3.63) is 0 Å². The molecule has 0 aromatic rings. The molecule has 3 aliphatic heterocycles. The second-order valence-corrected chi connectivity index (χ2v) is 5.71. The maximum atomic E-state index is 12.4. The molecule has 3 rings (SSSR count). The molecule has 0 aromatic carbocycles. The summed E-state index contributed by atoms with van der Waals surface area (Å²) in [4.78, 5) is 37.1. The minimum atomic E-state index is -0.898. The van der Waals surface area contributed by atoms with Crippen molar-refractivity contribution in [2.75, 3.05) is 26.2 Å². The first-order valence-electron chi connectivity index (χ1n) is 6.65. The van der Waals surface area contributed by atoms with Crippen molar-refractivity contribution in [1.29, 1.82) is 0 Å². The lowest BCUT2D eigenvalue weighted by molar-refractivity contribution is -0.136. The summed E-state index contributed by atoms with van der Waals surface area (Å²) in [7, 11) is 0. The summed E-state index contributed by atoms with van der Waals surface area (Å²) in [6.07, 6.45) is 0.492. The van der Waals surface area contributed by atoms with Gasteiger partial charge >= 0.3 is 6.03 Å². The number of likely N-dealkylation sites (tertiary alicyclic amines) is 1. The van der Waals surface area contributed by atoms with E-state index in [2.05, 4.69) is 16.0 Å². The smallest absolute Gasteiger partial charge is 0.322 e. The second kappa shape index (κ2) is 4.19. The van der Waals surface area contributed by atoms with E-state index in [4.69, 9.17) is 0 Å². The van der Waals surface area contributed by atoms with Gasteiger partial charge in [-0.05, 0) is 25.4 Å². The predicted octanol–water partition coefficient (Wildman–Crippen LogP) is -1.35. The fourth-order valence-electron chi connectivity index (χ4n) is 2.97. The van der Waals surface area contributed by atoms with Crippen LogP contribution in [0.4, 0.5) is 4.79 Å². The number of carbonyl (C=O) groups is 3. The highest BCUT2D eigenvalue weighted by Gasteiger charge is 2.52. The molecule has 3 N–H and O–H groups in total. The Hall–Kier alpha value is -1.63. The van der Waals surface area contributed by atoms with Crippen LogP contribution in [0.25, 0.3) is 0 Å². The molecule has 104 valence electrons. The Balaban J connectivity index is 1.67. The average Bonchev–Trinajstić information content (AvgIpc) is 2.81. The van der Waals surface area contributed by atoms with E-state index in [9.17, 15) is 14.4 Å². The number of nitrogens with zero attached hydrogens (tertiary/aromatic N) is 1. The molecule has 3 aliphatic rings. The fourth-order valence-corrected chi connectivity index (χ4v) is 2.97. The van der Waals surface area contributed by atoms with E-state index in [1.54, 1.807) is 4.90 Å². The van der Waals surface area contributed by atoms with Crippen LogP contribution >= 0.6 is 0 Å². The predicted molar refractivity (Wildman–Crippen MR) is 66.1 cm³/mol. The van der Waals surface area contributed by atoms with Crippen LogP contribution in [0.5, 0.6) is 0 Å². The first-order valence-corrected chi connectivity index (χ1v) is 6.65. The molecule has 3 saturated heterocycles. The van der Waals surface area contributed by atoms with Gasteiger partial charge in [0.15, 0.2) is 0 Å². The van der Waals surface area contributed by atoms with Crippen molar-refractivity contribution < 1.29 is 14.4 Å². The fraction of sp³-hybridized carbons (Fsp3) is 0.750.